The highest BCUT2D eigenvalue weighted by atomic mass is 16.4. The molecule has 5 heteroatoms. The monoisotopic (exact) mass is 282 g/mol. The van der Waals surface area contributed by atoms with E-state index in [0.29, 0.717) is 13.0 Å². The number of nitrogens with zero attached hydrogens (tertiary/aromatic N) is 2. The van der Waals surface area contributed by atoms with E-state index in [2.05, 4.69) is 19.0 Å². The number of rotatable bonds is 4. The van der Waals surface area contributed by atoms with Gasteiger partial charge in [0.15, 0.2) is 0 Å². The maximum Gasteiger partial charge on any atom is 0.308 e. The van der Waals surface area contributed by atoms with E-state index in [-0.39, 0.29) is 23.4 Å². The van der Waals surface area contributed by atoms with Crippen molar-refractivity contribution < 1.29 is 14.7 Å². The van der Waals surface area contributed by atoms with Crippen LogP contribution in [-0.4, -0.2) is 59.0 Å². The van der Waals surface area contributed by atoms with Crippen LogP contribution in [0.4, 0.5) is 0 Å². The third-order valence-corrected chi connectivity index (χ3v) is 5.42. The Morgan fingerprint density at radius 3 is 2.40 bits per heavy atom. The summed E-state index contributed by atoms with van der Waals surface area (Å²) in [5.41, 5.74) is 0.0492. The average molecular weight is 282 g/mol. The molecule has 0 radical (unpaired) electrons. The lowest BCUT2D eigenvalue weighted by molar-refractivity contribution is -0.157. The summed E-state index contributed by atoms with van der Waals surface area (Å²) < 4.78 is 0. The normalized spacial score (nSPS) is 33.1. The van der Waals surface area contributed by atoms with Gasteiger partial charge in [-0.3, -0.25) is 9.59 Å². The summed E-state index contributed by atoms with van der Waals surface area (Å²) in [5.74, 6) is -1.21. The van der Waals surface area contributed by atoms with Gasteiger partial charge in [0.05, 0.1) is 5.92 Å². The molecule has 1 N–H and O–H groups in total. The molecule has 3 unspecified atom stereocenters. The van der Waals surface area contributed by atoms with Crippen LogP contribution >= 0.6 is 0 Å². The molecule has 1 amide bonds. The van der Waals surface area contributed by atoms with E-state index in [1.165, 1.54) is 6.42 Å². The molecular formula is C15H26N2O3. The van der Waals surface area contributed by atoms with E-state index in [1.54, 1.807) is 0 Å². The van der Waals surface area contributed by atoms with Crippen LogP contribution in [-0.2, 0) is 9.59 Å². The summed E-state index contributed by atoms with van der Waals surface area (Å²) in [6, 6.07) is -0.221. The van der Waals surface area contributed by atoms with Crippen molar-refractivity contribution in [2.75, 3.05) is 20.6 Å². The molecular weight excluding hydrogens is 256 g/mol. The van der Waals surface area contributed by atoms with Gasteiger partial charge >= 0.3 is 5.97 Å². The van der Waals surface area contributed by atoms with Crippen molar-refractivity contribution in [3.05, 3.63) is 0 Å². The summed E-state index contributed by atoms with van der Waals surface area (Å²) in [6.45, 7) is 4.42. The minimum atomic E-state index is -0.782. The van der Waals surface area contributed by atoms with Crippen LogP contribution in [0.25, 0.3) is 0 Å². The molecule has 0 aromatic heterocycles. The van der Waals surface area contributed by atoms with Crippen molar-refractivity contribution in [1.82, 2.24) is 9.80 Å². The van der Waals surface area contributed by atoms with Crippen LogP contribution in [0.3, 0.4) is 0 Å². The molecule has 0 aromatic carbocycles. The molecule has 2 fully saturated rings. The Hall–Kier alpha value is -1.10. The zero-order valence-electron chi connectivity index (χ0n) is 12.9. The molecule has 0 bridgehead atoms. The number of amides is 1. The van der Waals surface area contributed by atoms with Crippen molar-refractivity contribution in [3.8, 4) is 0 Å². The van der Waals surface area contributed by atoms with Crippen LogP contribution in [0, 0.1) is 11.8 Å². The minimum Gasteiger partial charge on any atom is -0.481 e. The lowest BCUT2D eigenvalue weighted by atomic mass is 9.73. The second-order valence-corrected chi connectivity index (χ2v) is 6.78. The number of likely N-dealkylation sites (tertiary alicyclic amines) is 1. The number of piperidine rings is 1. The number of carboxylic acid groups (broad SMARTS) is 1. The lowest BCUT2D eigenvalue weighted by Crippen LogP contribution is -2.62. The van der Waals surface area contributed by atoms with Gasteiger partial charge in [0.2, 0.25) is 5.91 Å². The fourth-order valence-corrected chi connectivity index (χ4v) is 3.75. The number of aliphatic carboxylic acids is 1. The van der Waals surface area contributed by atoms with Gasteiger partial charge in [-0.15, -0.1) is 0 Å². The molecule has 2 rings (SSSR count). The Balaban J connectivity index is 2.17. The fourth-order valence-electron chi connectivity index (χ4n) is 3.75. The Kier molecular flexibility index (Phi) is 4.09. The number of hydrogen-bond acceptors (Lipinski definition) is 3. The summed E-state index contributed by atoms with van der Waals surface area (Å²) in [6.07, 6.45) is 3.71. The number of carboxylic acids is 1. The van der Waals surface area contributed by atoms with Gasteiger partial charge in [0.1, 0.15) is 0 Å². The van der Waals surface area contributed by atoms with E-state index in [9.17, 15) is 14.7 Å². The molecule has 1 heterocycles. The zero-order chi connectivity index (χ0) is 15.1. The average Bonchev–Trinajstić information content (AvgIpc) is 2.24. The summed E-state index contributed by atoms with van der Waals surface area (Å²) >= 11 is 0. The van der Waals surface area contributed by atoms with Crippen LogP contribution in [0.2, 0.25) is 0 Å². The van der Waals surface area contributed by atoms with Crippen LogP contribution in [0.1, 0.15) is 39.5 Å². The standard InChI is InChI=1S/C15H26N2O3/c1-10-8-12(18)17(11(2)13(10)14(19)20)9-15(16(3)4)6-5-7-15/h10-11,13H,5-9H2,1-4H3,(H,19,20). The zero-order valence-corrected chi connectivity index (χ0v) is 12.9. The Bertz CT molecular complexity index is 404. The summed E-state index contributed by atoms with van der Waals surface area (Å²) in [5, 5.41) is 9.41. The third kappa shape index (κ3) is 2.43. The third-order valence-electron chi connectivity index (χ3n) is 5.42. The second-order valence-electron chi connectivity index (χ2n) is 6.78. The van der Waals surface area contributed by atoms with Crippen molar-refractivity contribution in [1.29, 1.82) is 0 Å². The molecule has 0 spiro atoms. The van der Waals surface area contributed by atoms with Crippen molar-refractivity contribution in [2.45, 2.75) is 51.1 Å². The highest BCUT2D eigenvalue weighted by Gasteiger charge is 2.47. The van der Waals surface area contributed by atoms with E-state index >= 15 is 0 Å². The van der Waals surface area contributed by atoms with Gasteiger partial charge in [-0.2, -0.15) is 0 Å². The molecule has 1 saturated carbocycles. The van der Waals surface area contributed by atoms with Crippen molar-refractivity contribution in [2.24, 2.45) is 11.8 Å². The number of hydrogen-bond donors (Lipinski definition) is 1. The van der Waals surface area contributed by atoms with Gasteiger partial charge in [0, 0.05) is 24.5 Å². The van der Waals surface area contributed by atoms with E-state index in [4.69, 9.17) is 0 Å². The molecule has 1 aliphatic carbocycles. The Labute approximate surface area is 120 Å². The van der Waals surface area contributed by atoms with Crippen molar-refractivity contribution >= 4 is 11.9 Å². The second kappa shape index (κ2) is 5.35. The van der Waals surface area contributed by atoms with E-state index < -0.39 is 11.9 Å². The summed E-state index contributed by atoms with van der Waals surface area (Å²) in [7, 11) is 4.10. The largest absolute Gasteiger partial charge is 0.481 e. The van der Waals surface area contributed by atoms with Gasteiger partial charge in [-0.25, -0.2) is 0 Å². The van der Waals surface area contributed by atoms with Gasteiger partial charge in [0.25, 0.3) is 0 Å². The molecule has 5 nitrogen and oxygen atoms in total. The van der Waals surface area contributed by atoms with Crippen molar-refractivity contribution in [3.63, 3.8) is 0 Å². The molecule has 1 saturated heterocycles. The first-order valence-electron chi connectivity index (χ1n) is 7.48. The molecule has 1 aliphatic heterocycles. The van der Waals surface area contributed by atoms with Crippen LogP contribution in [0.5, 0.6) is 0 Å². The number of carbonyl (C=O) groups is 2. The smallest absolute Gasteiger partial charge is 0.308 e. The molecule has 0 aromatic rings. The predicted molar refractivity (Wildman–Crippen MR) is 76.4 cm³/mol. The molecule has 3 atom stereocenters. The molecule has 20 heavy (non-hydrogen) atoms. The molecule has 114 valence electrons. The summed E-state index contributed by atoms with van der Waals surface area (Å²) in [4.78, 5) is 27.8. The highest BCUT2D eigenvalue weighted by Crippen LogP contribution is 2.39. The maximum atomic E-state index is 12.3. The predicted octanol–water partition coefficient (Wildman–Crippen LogP) is 1.43. The quantitative estimate of drug-likeness (QED) is 0.847. The first kappa shape index (κ1) is 15.3. The first-order valence-corrected chi connectivity index (χ1v) is 7.48. The van der Waals surface area contributed by atoms with E-state index in [1.807, 2.05) is 18.7 Å². The Morgan fingerprint density at radius 2 is 2.00 bits per heavy atom. The van der Waals surface area contributed by atoms with Crippen LogP contribution < -0.4 is 0 Å². The lowest BCUT2D eigenvalue weighted by Gasteiger charge is -2.52. The van der Waals surface area contributed by atoms with Crippen LogP contribution in [0.15, 0.2) is 0 Å². The SMILES string of the molecule is CC1CC(=O)N(CC2(N(C)C)CCC2)C(C)C1C(=O)O. The maximum absolute atomic E-state index is 12.3. The number of likely N-dealkylation sites (N-methyl/N-ethyl adjacent to an activating group) is 1. The minimum absolute atomic E-state index is 0.0492. The van der Waals surface area contributed by atoms with E-state index in [0.717, 1.165) is 12.8 Å². The topological polar surface area (TPSA) is 60.9 Å². The Morgan fingerprint density at radius 1 is 1.40 bits per heavy atom. The highest BCUT2D eigenvalue weighted by molar-refractivity contribution is 5.82. The van der Waals surface area contributed by atoms with Gasteiger partial charge in [-0.05, 0) is 46.2 Å². The van der Waals surface area contributed by atoms with Gasteiger partial charge in [-0.1, -0.05) is 6.92 Å². The first-order chi connectivity index (χ1) is 9.28. The fraction of sp³-hybridized carbons (Fsp3) is 0.867. The molecule has 2 aliphatic rings. The number of carbonyl (C=O) groups excluding carboxylic acids is 1. The van der Waals surface area contributed by atoms with Gasteiger partial charge < -0.3 is 14.9 Å².